The number of thiazole rings is 1. The van der Waals surface area contributed by atoms with Gasteiger partial charge in [0.25, 0.3) is 11.8 Å². The molecule has 0 bridgehead atoms. The Morgan fingerprint density at radius 3 is 2.84 bits per heavy atom. The second-order valence-electron chi connectivity index (χ2n) is 6.25. The molecule has 12 nitrogen and oxygen atoms in total. The van der Waals surface area contributed by atoms with E-state index in [4.69, 9.17) is 16.6 Å². The number of carboxylic acids is 1. The zero-order chi connectivity index (χ0) is 22.7. The summed E-state index contributed by atoms with van der Waals surface area (Å²) in [7, 11) is 0. The minimum Gasteiger partial charge on any atom is -0.477 e. The van der Waals surface area contributed by atoms with Crippen molar-refractivity contribution in [1.29, 1.82) is 0 Å². The van der Waals surface area contributed by atoms with Crippen LogP contribution in [0.25, 0.3) is 0 Å². The van der Waals surface area contributed by atoms with E-state index in [0.717, 1.165) is 28.0 Å². The molecule has 3 rings (SSSR count). The van der Waals surface area contributed by atoms with Crippen LogP contribution < -0.4 is 16.8 Å². The number of aliphatic hydroxyl groups excluding tert-OH is 1. The number of carbonyl (C=O) groups excluding carboxylic acids is 2. The van der Waals surface area contributed by atoms with Gasteiger partial charge in [-0.25, -0.2) is 9.78 Å². The third-order valence-corrected chi connectivity index (χ3v) is 7.30. The fraction of sp³-hybridized carbons (Fsp3) is 0.312. The number of carbonyl (C=O) groups is 3. The predicted octanol–water partition coefficient (Wildman–Crippen LogP) is -0.834. The van der Waals surface area contributed by atoms with Gasteiger partial charge in [-0.2, -0.15) is 0 Å². The van der Waals surface area contributed by atoms with Gasteiger partial charge in [0.15, 0.2) is 10.8 Å². The monoisotopic (exact) mass is 486 g/mol. The van der Waals surface area contributed by atoms with Crippen molar-refractivity contribution in [2.75, 3.05) is 18.1 Å². The second-order valence-corrected chi connectivity index (χ2v) is 9.25. The summed E-state index contributed by atoms with van der Waals surface area (Å²) in [5, 5.41) is 35.7. The number of aliphatic carboxylic acids is 1. The molecule has 2 aliphatic rings. The number of hydrogen-bond donors (Lipinski definition) is 6. The molecule has 1 aromatic heterocycles. The van der Waals surface area contributed by atoms with E-state index in [0.29, 0.717) is 4.91 Å². The second kappa shape index (κ2) is 9.69. The zero-order valence-corrected chi connectivity index (χ0v) is 18.1. The topological polar surface area (TPSA) is 204 Å². The van der Waals surface area contributed by atoms with Crippen LogP contribution in [0.2, 0.25) is 0 Å². The summed E-state index contributed by atoms with van der Waals surface area (Å²) < 4.78 is 0. The van der Waals surface area contributed by atoms with Crippen molar-refractivity contribution in [2.24, 2.45) is 10.9 Å². The quantitative estimate of drug-likeness (QED) is 0.116. The number of aliphatic hydroxyl groups is 1. The number of nitrogens with one attached hydrogen (secondary N) is 1. The van der Waals surface area contributed by atoms with E-state index in [1.54, 1.807) is 5.41 Å². The first-order chi connectivity index (χ1) is 14.8. The highest BCUT2D eigenvalue weighted by Gasteiger charge is 2.54. The number of oxime groups is 1. The number of aromatic nitrogens is 1. The van der Waals surface area contributed by atoms with Crippen molar-refractivity contribution >= 4 is 63.5 Å². The number of nitrogen functional groups attached to an aromatic ring is 1. The maximum absolute atomic E-state index is 12.7. The summed E-state index contributed by atoms with van der Waals surface area (Å²) in [5.74, 6) is -2.43. The van der Waals surface area contributed by atoms with Crippen LogP contribution in [-0.4, -0.2) is 78.6 Å². The maximum atomic E-state index is 12.7. The summed E-state index contributed by atoms with van der Waals surface area (Å²) in [5.41, 5.74) is 10.6. The first-order valence-electron chi connectivity index (χ1n) is 8.63. The Bertz CT molecular complexity index is 992. The lowest BCUT2D eigenvalue weighted by molar-refractivity contribution is -0.150. The Morgan fingerprint density at radius 2 is 2.26 bits per heavy atom. The lowest BCUT2D eigenvalue weighted by atomic mass is 10.0. The Labute approximate surface area is 188 Å². The molecule has 0 aliphatic carbocycles. The van der Waals surface area contributed by atoms with Crippen molar-refractivity contribution in [3.63, 3.8) is 0 Å². The largest absolute Gasteiger partial charge is 0.477 e. The molecule has 0 spiro atoms. The molecular formula is C16H18N6O6S3. The number of anilines is 1. The fourth-order valence-corrected chi connectivity index (χ4v) is 5.74. The minimum atomic E-state index is -1.28. The van der Waals surface area contributed by atoms with Gasteiger partial charge in [-0.15, -0.1) is 23.1 Å². The summed E-state index contributed by atoms with van der Waals surface area (Å²) in [6, 6.07) is -1.57. The fourth-order valence-electron chi connectivity index (χ4n) is 2.78. The highest BCUT2D eigenvalue weighted by molar-refractivity contribution is 8.08. The predicted molar refractivity (Wildman–Crippen MR) is 116 cm³/mol. The van der Waals surface area contributed by atoms with Gasteiger partial charge in [-0.1, -0.05) is 23.0 Å². The first kappa shape index (κ1) is 23.1. The lowest BCUT2D eigenvalue weighted by Crippen LogP contribution is -2.71. The molecule has 1 fully saturated rings. The van der Waals surface area contributed by atoms with E-state index in [1.165, 1.54) is 23.2 Å². The van der Waals surface area contributed by atoms with Gasteiger partial charge in [0, 0.05) is 22.1 Å². The highest BCUT2D eigenvalue weighted by atomic mass is 32.2. The number of hydrogen-bond acceptors (Lipinski definition) is 12. The number of carboxylic acid groups (broad SMARTS) is 1. The standard InChI is InChI=1S/C16H18N6O6S3/c17-6(3-23)1-2-29-8-5-30-14-10(13(25)22(14)11(8)15(26)27)20-12(24)9(21-28)7-4-31-16(18)19-7/h1-2,4,6,10,14,23,28H,3,5,17H2,(H2,18,19)(H,20,24)(H,26,27)/b2-1-,21-9-/t6-,10?,14+/m0/s1. The van der Waals surface area contributed by atoms with Gasteiger partial charge in [-0.3, -0.25) is 14.5 Å². The van der Waals surface area contributed by atoms with Crippen LogP contribution >= 0.6 is 34.9 Å². The summed E-state index contributed by atoms with van der Waals surface area (Å²) in [6.07, 6.45) is 1.52. The van der Waals surface area contributed by atoms with E-state index >= 15 is 0 Å². The van der Waals surface area contributed by atoms with Crippen molar-refractivity contribution in [3.05, 3.63) is 33.2 Å². The first-order valence-corrected chi connectivity index (χ1v) is 11.4. The van der Waals surface area contributed by atoms with E-state index < -0.39 is 41.0 Å². The van der Waals surface area contributed by atoms with E-state index in [9.17, 15) is 24.7 Å². The molecule has 1 aromatic rings. The number of fused-ring (bicyclic) bond motifs is 1. The number of thioether (sulfide) groups is 2. The third-order valence-electron chi connectivity index (χ3n) is 4.25. The zero-order valence-electron chi connectivity index (χ0n) is 15.7. The SMILES string of the molecule is Nc1nc(/C(=N/O)C(=O)NC2C(=O)N3C(C(=O)O)=C(S/C=C\[C@H](N)CO)CS[C@H]23)cs1. The number of nitrogens with zero attached hydrogens (tertiary/aromatic N) is 3. The normalized spacial score (nSPS) is 22.3. The summed E-state index contributed by atoms with van der Waals surface area (Å²) >= 11 is 3.42. The molecule has 3 heterocycles. The molecule has 3 atom stereocenters. The molecular weight excluding hydrogens is 468 g/mol. The molecule has 2 aliphatic heterocycles. The molecule has 1 saturated heterocycles. The molecule has 0 radical (unpaired) electrons. The van der Waals surface area contributed by atoms with Gasteiger partial charge in [0.05, 0.1) is 6.61 Å². The number of rotatable bonds is 8. The van der Waals surface area contributed by atoms with E-state index in [-0.39, 0.29) is 28.9 Å². The van der Waals surface area contributed by atoms with Gasteiger partial charge in [0.2, 0.25) is 0 Å². The molecule has 15 heteroatoms. The average Bonchev–Trinajstić information content (AvgIpc) is 3.17. The summed E-state index contributed by atoms with van der Waals surface area (Å²) in [6.45, 7) is -0.253. The van der Waals surface area contributed by atoms with Gasteiger partial charge < -0.3 is 32.2 Å². The molecule has 0 saturated carbocycles. The van der Waals surface area contributed by atoms with Crippen molar-refractivity contribution in [3.8, 4) is 0 Å². The molecule has 166 valence electrons. The molecule has 8 N–H and O–H groups in total. The molecule has 2 amide bonds. The van der Waals surface area contributed by atoms with E-state index in [2.05, 4.69) is 15.5 Å². The van der Waals surface area contributed by atoms with Crippen molar-refractivity contribution < 1.29 is 29.8 Å². The van der Waals surface area contributed by atoms with Crippen molar-refractivity contribution in [1.82, 2.24) is 15.2 Å². The lowest BCUT2D eigenvalue weighted by Gasteiger charge is -2.49. The average molecular weight is 487 g/mol. The van der Waals surface area contributed by atoms with Crippen LogP contribution in [0.4, 0.5) is 5.13 Å². The van der Waals surface area contributed by atoms with Crippen LogP contribution in [-0.2, 0) is 14.4 Å². The Morgan fingerprint density at radius 1 is 1.52 bits per heavy atom. The highest BCUT2D eigenvalue weighted by Crippen LogP contribution is 2.43. The van der Waals surface area contributed by atoms with Crippen molar-refractivity contribution in [2.45, 2.75) is 17.5 Å². The Hall–Kier alpha value is -2.59. The smallest absolute Gasteiger partial charge is 0.353 e. The van der Waals surface area contributed by atoms with Gasteiger partial charge >= 0.3 is 5.97 Å². The molecule has 0 aromatic carbocycles. The van der Waals surface area contributed by atoms with E-state index in [1.807, 2.05) is 0 Å². The molecule has 31 heavy (non-hydrogen) atoms. The van der Waals surface area contributed by atoms with Crippen LogP contribution in [0.3, 0.4) is 0 Å². The van der Waals surface area contributed by atoms with Gasteiger partial charge in [-0.05, 0) is 5.41 Å². The van der Waals surface area contributed by atoms with Gasteiger partial charge in [0.1, 0.15) is 22.8 Å². The number of nitrogens with two attached hydrogens (primary N) is 2. The third kappa shape index (κ3) is 4.69. The molecule has 1 unspecified atom stereocenters. The Balaban J connectivity index is 1.74. The van der Waals surface area contributed by atoms with Crippen LogP contribution in [0.5, 0.6) is 0 Å². The number of β-lactam (4-membered cyclic amide) rings is 1. The number of amides is 2. The maximum Gasteiger partial charge on any atom is 0.353 e. The Kier molecular flexibility index (Phi) is 7.22. The summed E-state index contributed by atoms with van der Waals surface area (Å²) in [4.78, 5) is 42.4. The van der Waals surface area contributed by atoms with Crippen LogP contribution in [0.15, 0.2) is 32.6 Å². The van der Waals surface area contributed by atoms with Crippen LogP contribution in [0, 0.1) is 0 Å². The minimum absolute atomic E-state index is 0.0557. The van der Waals surface area contributed by atoms with Crippen LogP contribution in [0.1, 0.15) is 5.69 Å².